The molecule has 0 aromatic heterocycles. The van der Waals surface area contributed by atoms with Crippen molar-refractivity contribution in [2.75, 3.05) is 18.6 Å². The van der Waals surface area contributed by atoms with Crippen LogP contribution in [-0.4, -0.2) is 44.6 Å². The largest absolute Gasteiger partial charge is 0.400 e. The Morgan fingerprint density at radius 2 is 1.12 bits per heavy atom. The van der Waals surface area contributed by atoms with Crippen LogP contribution in [0.15, 0.2) is 0 Å². The van der Waals surface area contributed by atoms with E-state index in [4.69, 9.17) is 5.11 Å². The van der Waals surface area contributed by atoms with Gasteiger partial charge in [0.05, 0.1) is 0 Å². The van der Waals surface area contributed by atoms with Crippen molar-refractivity contribution in [3.8, 4) is 0 Å². The first-order valence-electron chi connectivity index (χ1n) is 5.07. The first kappa shape index (κ1) is 18.2. The normalized spacial score (nSPS) is 12.9. The van der Waals surface area contributed by atoms with Crippen LogP contribution in [0, 0.1) is 0 Å². The highest BCUT2D eigenvalue weighted by Gasteiger charge is 2.47. The fourth-order valence-electron chi connectivity index (χ4n) is 1.24. The van der Waals surface area contributed by atoms with Crippen molar-refractivity contribution in [2.24, 2.45) is 0 Å². The quantitative estimate of drug-likeness (QED) is 0.792. The average Bonchev–Trinajstić information content (AvgIpc) is 2.29. The van der Waals surface area contributed by atoms with Crippen LogP contribution in [0.1, 0.15) is 34.1 Å². The first-order chi connectivity index (χ1) is 7.18. The lowest BCUT2D eigenvalue weighted by Crippen LogP contribution is -2.44. The van der Waals surface area contributed by atoms with Crippen LogP contribution < -0.4 is 0 Å². The van der Waals surface area contributed by atoms with Gasteiger partial charge in [-0.3, -0.25) is 0 Å². The fraction of sp³-hybridized carbons (Fsp3) is 1.00. The maximum atomic E-state index is 11.7. The molecule has 0 radical (unpaired) electrons. The molecule has 100 valence electrons. The number of hydrogen-bond acceptors (Lipinski definition) is 5. The third kappa shape index (κ3) is 3.18. The van der Waals surface area contributed by atoms with Gasteiger partial charge in [-0.25, -0.2) is 16.8 Å². The minimum atomic E-state index is -3.57. The zero-order valence-electron chi connectivity index (χ0n) is 10.5. The van der Waals surface area contributed by atoms with Gasteiger partial charge >= 0.3 is 0 Å². The topological polar surface area (TPSA) is 88.5 Å². The first-order valence-corrected chi connectivity index (χ1v) is 8.38. The summed E-state index contributed by atoms with van der Waals surface area (Å²) in [6, 6.07) is 0. The van der Waals surface area contributed by atoms with Gasteiger partial charge in [-0.2, -0.15) is 0 Å². The van der Waals surface area contributed by atoms with Crippen molar-refractivity contribution in [3.05, 3.63) is 0 Å². The van der Waals surface area contributed by atoms with Gasteiger partial charge in [0.1, 0.15) is 0 Å². The van der Waals surface area contributed by atoms with Crippen molar-refractivity contribution in [1.82, 2.24) is 0 Å². The van der Waals surface area contributed by atoms with Crippen LogP contribution in [0.4, 0.5) is 0 Å². The summed E-state index contributed by atoms with van der Waals surface area (Å²) in [4.78, 5) is 0. The Kier molecular flexibility index (Phi) is 7.47. The molecule has 0 aliphatic heterocycles. The lowest BCUT2D eigenvalue weighted by molar-refractivity contribution is 0.399. The minimum Gasteiger partial charge on any atom is -0.400 e. The van der Waals surface area contributed by atoms with E-state index < -0.39 is 23.8 Å². The SMILES string of the molecule is CCC(C)(S(=O)(=O)CC)S(=O)(=O)CC.CO. The van der Waals surface area contributed by atoms with Gasteiger partial charge in [0, 0.05) is 18.6 Å². The van der Waals surface area contributed by atoms with Gasteiger partial charge in [0.15, 0.2) is 23.8 Å². The van der Waals surface area contributed by atoms with Crippen LogP contribution >= 0.6 is 0 Å². The maximum absolute atomic E-state index is 11.7. The third-order valence-corrected chi connectivity index (χ3v) is 8.97. The molecule has 0 unspecified atom stereocenters. The monoisotopic (exact) mass is 274 g/mol. The molecule has 16 heavy (non-hydrogen) atoms. The van der Waals surface area contributed by atoms with Gasteiger partial charge in [-0.05, 0) is 13.3 Å². The van der Waals surface area contributed by atoms with Crippen LogP contribution in [0.2, 0.25) is 0 Å². The second-order valence-corrected chi connectivity index (χ2v) is 8.97. The van der Waals surface area contributed by atoms with Crippen LogP contribution in [0.3, 0.4) is 0 Å². The Labute approximate surface area is 98.7 Å². The number of rotatable bonds is 5. The Bertz CT molecular complexity index is 346. The summed E-state index contributed by atoms with van der Waals surface area (Å²) in [5.74, 6) is -0.285. The highest BCUT2D eigenvalue weighted by Crippen LogP contribution is 2.29. The average molecular weight is 274 g/mol. The molecular weight excluding hydrogens is 252 g/mol. The summed E-state index contributed by atoms with van der Waals surface area (Å²) in [6.07, 6.45) is 0.0966. The molecule has 0 spiro atoms. The Morgan fingerprint density at radius 3 is 1.25 bits per heavy atom. The van der Waals surface area contributed by atoms with Crippen molar-refractivity contribution in [2.45, 2.75) is 38.2 Å². The van der Waals surface area contributed by atoms with Gasteiger partial charge < -0.3 is 5.11 Å². The molecule has 0 aromatic carbocycles. The molecule has 0 amide bonds. The Morgan fingerprint density at radius 1 is 0.875 bits per heavy atom. The number of sulfone groups is 2. The van der Waals surface area contributed by atoms with E-state index in [0.717, 1.165) is 7.11 Å². The van der Waals surface area contributed by atoms with E-state index in [2.05, 4.69) is 0 Å². The van der Waals surface area contributed by atoms with E-state index in [1.54, 1.807) is 6.92 Å². The number of aliphatic hydroxyl groups is 1. The van der Waals surface area contributed by atoms with E-state index in [0.29, 0.717) is 0 Å². The van der Waals surface area contributed by atoms with Crippen molar-refractivity contribution < 1.29 is 21.9 Å². The van der Waals surface area contributed by atoms with Crippen molar-refractivity contribution in [1.29, 1.82) is 0 Å². The summed E-state index contributed by atoms with van der Waals surface area (Å²) in [5, 5.41) is 7.00. The van der Waals surface area contributed by atoms with E-state index in [9.17, 15) is 16.8 Å². The van der Waals surface area contributed by atoms with E-state index in [1.807, 2.05) is 0 Å². The molecule has 0 saturated heterocycles. The summed E-state index contributed by atoms with van der Waals surface area (Å²) in [6.45, 7) is 5.81. The molecule has 0 aliphatic carbocycles. The molecule has 1 N–H and O–H groups in total. The molecule has 5 nitrogen and oxygen atoms in total. The predicted octanol–water partition coefficient (Wildman–Crippen LogP) is 0.591. The van der Waals surface area contributed by atoms with Crippen molar-refractivity contribution in [3.63, 3.8) is 0 Å². The van der Waals surface area contributed by atoms with Crippen LogP contribution in [0.25, 0.3) is 0 Å². The van der Waals surface area contributed by atoms with E-state index >= 15 is 0 Å². The van der Waals surface area contributed by atoms with Crippen LogP contribution in [0.5, 0.6) is 0 Å². The van der Waals surface area contributed by atoms with Crippen molar-refractivity contribution >= 4 is 19.7 Å². The molecule has 0 rings (SSSR count). The summed E-state index contributed by atoms with van der Waals surface area (Å²) < 4.78 is 45.1. The summed E-state index contributed by atoms with van der Waals surface area (Å²) in [7, 11) is -6.14. The highest BCUT2D eigenvalue weighted by molar-refractivity contribution is 8.10. The zero-order chi connectivity index (χ0) is 13.6. The lowest BCUT2D eigenvalue weighted by atomic mass is 10.4. The third-order valence-electron chi connectivity index (χ3n) is 2.72. The number of aliphatic hydroxyl groups excluding tert-OH is 1. The molecule has 0 aliphatic rings. The molecule has 7 heteroatoms. The predicted molar refractivity (Wildman–Crippen MR) is 65.8 cm³/mol. The molecular formula is C9H22O5S2. The maximum Gasteiger partial charge on any atom is 0.170 e. The molecule has 0 heterocycles. The fourth-order valence-corrected chi connectivity index (χ4v) is 5.60. The van der Waals surface area contributed by atoms with Gasteiger partial charge in [-0.15, -0.1) is 0 Å². The smallest absolute Gasteiger partial charge is 0.170 e. The second kappa shape index (κ2) is 6.56. The number of hydrogen-bond donors (Lipinski definition) is 1. The standard InChI is InChI=1S/C8H18O4S2.CH4O/c1-5-8(4,13(9,10)6-2)14(11,12)7-3;1-2/h5-7H2,1-4H3;2H,1H3. The Balaban J connectivity index is 0. The molecule has 0 atom stereocenters. The lowest BCUT2D eigenvalue weighted by Gasteiger charge is -2.26. The second-order valence-electron chi connectivity index (χ2n) is 3.29. The highest BCUT2D eigenvalue weighted by atomic mass is 32.3. The molecule has 0 saturated carbocycles. The summed E-state index contributed by atoms with van der Waals surface area (Å²) in [5.41, 5.74) is 0. The summed E-state index contributed by atoms with van der Waals surface area (Å²) >= 11 is 0. The van der Waals surface area contributed by atoms with E-state index in [1.165, 1.54) is 20.8 Å². The zero-order valence-corrected chi connectivity index (χ0v) is 12.2. The minimum absolute atomic E-state index is 0.0966. The van der Waals surface area contributed by atoms with Gasteiger partial charge in [0.25, 0.3) is 0 Å². The van der Waals surface area contributed by atoms with Crippen LogP contribution in [-0.2, 0) is 19.7 Å². The molecule has 0 fully saturated rings. The van der Waals surface area contributed by atoms with Gasteiger partial charge in [0.2, 0.25) is 0 Å². The van der Waals surface area contributed by atoms with Gasteiger partial charge in [-0.1, -0.05) is 20.8 Å². The van der Waals surface area contributed by atoms with E-state index in [-0.39, 0.29) is 17.9 Å². The molecule has 0 aromatic rings. The Hall–Kier alpha value is -0.140. The molecule has 0 bridgehead atoms.